The van der Waals surface area contributed by atoms with Crippen molar-refractivity contribution in [1.29, 1.82) is 0 Å². The summed E-state index contributed by atoms with van der Waals surface area (Å²) in [6.07, 6.45) is 0. The predicted molar refractivity (Wildman–Crippen MR) is 96.9 cm³/mol. The average molecular weight is 392 g/mol. The SMILES string of the molecule is Cc1nc(C(=O)Nc2cccc(S(N)(=O)=O)c2)nn1-c1ccc(Cl)cc1. The Morgan fingerprint density at radius 1 is 1.19 bits per heavy atom. The summed E-state index contributed by atoms with van der Waals surface area (Å²) in [4.78, 5) is 16.4. The first-order chi connectivity index (χ1) is 12.2. The van der Waals surface area contributed by atoms with E-state index < -0.39 is 15.9 Å². The Kier molecular flexibility index (Phi) is 4.77. The van der Waals surface area contributed by atoms with Crippen molar-refractivity contribution in [1.82, 2.24) is 14.8 Å². The van der Waals surface area contributed by atoms with Crippen molar-refractivity contribution in [2.75, 3.05) is 5.32 Å². The molecule has 0 atom stereocenters. The van der Waals surface area contributed by atoms with Crippen molar-refractivity contribution in [2.45, 2.75) is 11.8 Å². The molecule has 0 saturated heterocycles. The fourth-order valence-electron chi connectivity index (χ4n) is 2.25. The summed E-state index contributed by atoms with van der Waals surface area (Å²) in [5.41, 5.74) is 0.969. The smallest absolute Gasteiger partial charge is 0.295 e. The molecule has 0 aliphatic rings. The lowest BCUT2D eigenvalue weighted by Crippen LogP contribution is -2.16. The number of rotatable bonds is 4. The van der Waals surface area contributed by atoms with Gasteiger partial charge in [0.25, 0.3) is 5.91 Å². The number of sulfonamides is 1. The van der Waals surface area contributed by atoms with Gasteiger partial charge in [0.1, 0.15) is 5.82 Å². The molecule has 2 aromatic carbocycles. The van der Waals surface area contributed by atoms with Gasteiger partial charge in [0.15, 0.2) is 0 Å². The fourth-order valence-corrected chi connectivity index (χ4v) is 2.94. The fraction of sp³-hybridized carbons (Fsp3) is 0.0625. The Labute approximate surface area is 154 Å². The van der Waals surface area contributed by atoms with E-state index >= 15 is 0 Å². The van der Waals surface area contributed by atoms with E-state index in [1.54, 1.807) is 31.2 Å². The highest BCUT2D eigenvalue weighted by Crippen LogP contribution is 2.16. The molecule has 3 N–H and O–H groups in total. The molecule has 0 fully saturated rings. The number of hydrogen-bond acceptors (Lipinski definition) is 5. The van der Waals surface area contributed by atoms with Crippen molar-refractivity contribution in [3.8, 4) is 5.69 Å². The van der Waals surface area contributed by atoms with Gasteiger partial charge in [-0.25, -0.2) is 23.2 Å². The Bertz CT molecular complexity index is 1080. The molecule has 3 rings (SSSR count). The Hall–Kier alpha value is -2.75. The summed E-state index contributed by atoms with van der Waals surface area (Å²) in [6, 6.07) is 12.5. The van der Waals surface area contributed by atoms with Crippen LogP contribution in [0.1, 0.15) is 16.4 Å². The number of carbonyl (C=O) groups excluding carboxylic acids is 1. The third kappa shape index (κ3) is 3.90. The van der Waals surface area contributed by atoms with Crippen LogP contribution in [0.3, 0.4) is 0 Å². The monoisotopic (exact) mass is 391 g/mol. The quantitative estimate of drug-likeness (QED) is 0.705. The third-order valence-corrected chi connectivity index (χ3v) is 4.63. The molecule has 0 unspecified atom stereocenters. The van der Waals surface area contributed by atoms with Gasteiger partial charge in [-0.15, -0.1) is 5.10 Å². The maximum Gasteiger partial charge on any atom is 0.295 e. The Balaban J connectivity index is 1.85. The molecule has 1 amide bonds. The minimum Gasteiger partial charge on any atom is -0.319 e. The van der Waals surface area contributed by atoms with Gasteiger partial charge in [-0.1, -0.05) is 17.7 Å². The topological polar surface area (TPSA) is 120 Å². The molecule has 3 aromatic rings. The summed E-state index contributed by atoms with van der Waals surface area (Å²) in [5, 5.41) is 12.4. The van der Waals surface area contributed by atoms with Crippen molar-refractivity contribution >= 4 is 33.2 Å². The average Bonchev–Trinajstić information content (AvgIpc) is 2.97. The van der Waals surface area contributed by atoms with Gasteiger partial charge in [0.2, 0.25) is 15.8 Å². The largest absolute Gasteiger partial charge is 0.319 e. The number of hydrogen-bond donors (Lipinski definition) is 2. The molecule has 8 nitrogen and oxygen atoms in total. The summed E-state index contributed by atoms with van der Waals surface area (Å²) < 4.78 is 24.3. The molecule has 0 saturated carbocycles. The number of benzene rings is 2. The van der Waals surface area contributed by atoms with Crippen LogP contribution in [-0.2, 0) is 10.0 Å². The molecule has 26 heavy (non-hydrogen) atoms. The molecule has 0 aliphatic heterocycles. The van der Waals surface area contributed by atoms with Crippen molar-refractivity contribution in [3.05, 3.63) is 65.2 Å². The van der Waals surface area contributed by atoms with Crippen LogP contribution in [0.5, 0.6) is 0 Å². The molecular formula is C16H14ClN5O3S. The summed E-state index contributed by atoms with van der Waals surface area (Å²) in [6.45, 7) is 1.71. The first-order valence-electron chi connectivity index (χ1n) is 7.38. The van der Waals surface area contributed by atoms with Crippen LogP contribution >= 0.6 is 11.6 Å². The Morgan fingerprint density at radius 2 is 1.88 bits per heavy atom. The summed E-state index contributed by atoms with van der Waals surface area (Å²) in [5.74, 6) is -0.124. The predicted octanol–water partition coefficient (Wildman–Crippen LogP) is 2.13. The number of halogens is 1. The first-order valence-corrected chi connectivity index (χ1v) is 9.30. The molecule has 1 heterocycles. The van der Waals surface area contributed by atoms with Crippen molar-refractivity contribution in [3.63, 3.8) is 0 Å². The lowest BCUT2D eigenvalue weighted by Gasteiger charge is -2.04. The van der Waals surface area contributed by atoms with E-state index in [0.29, 0.717) is 16.5 Å². The van der Waals surface area contributed by atoms with Gasteiger partial charge < -0.3 is 5.32 Å². The maximum absolute atomic E-state index is 12.4. The zero-order valence-corrected chi connectivity index (χ0v) is 15.1. The van der Waals surface area contributed by atoms with E-state index in [4.69, 9.17) is 16.7 Å². The van der Waals surface area contributed by atoms with Crippen LogP contribution in [0.25, 0.3) is 5.69 Å². The number of nitrogens with zero attached hydrogens (tertiary/aromatic N) is 3. The van der Waals surface area contributed by atoms with Gasteiger partial charge >= 0.3 is 0 Å². The summed E-state index contributed by atoms with van der Waals surface area (Å²) >= 11 is 5.87. The molecule has 0 radical (unpaired) electrons. The molecule has 0 aliphatic carbocycles. The van der Waals surface area contributed by atoms with Crippen LogP contribution in [0, 0.1) is 6.92 Å². The second-order valence-corrected chi connectivity index (χ2v) is 7.40. The van der Waals surface area contributed by atoms with Crippen LogP contribution in [-0.4, -0.2) is 29.1 Å². The van der Waals surface area contributed by atoms with Crippen LogP contribution < -0.4 is 10.5 Å². The van der Waals surface area contributed by atoms with Crippen LogP contribution in [0.15, 0.2) is 53.4 Å². The van der Waals surface area contributed by atoms with E-state index in [1.807, 2.05) is 0 Å². The molecule has 10 heteroatoms. The van der Waals surface area contributed by atoms with Gasteiger partial charge in [0.05, 0.1) is 10.6 Å². The molecule has 1 aromatic heterocycles. The number of nitrogens with one attached hydrogen (secondary N) is 1. The second kappa shape index (κ2) is 6.87. The van der Waals surface area contributed by atoms with E-state index in [9.17, 15) is 13.2 Å². The van der Waals surface area contributed by atoms with E-state index in [-0.39, 0.29) is 16.4 Å². The van der Waals surface area contributed by atoms with Gasteiger partial charge in [-0.3, -0.25) is 4.79 Å². The molecule has 0 spiro atoms. The highest BCUT2D eigenvalue weighted by molar-refractivity contribution is 7.89. The zero-order valence-electron chi connectivity index (χ0n) is 13.5. The van der Waals surface area contributed by atoms with Crippen molar-refractivity contribution in [2.24, 2.45) is 5.14 Å². The van der Waals surface area contributed by atoms with E-state index in [0.717, 1.165) is 0 Å². The van der Waals surface area contributed by atoms with Gasteiger partial charge in [-0.05, 0) is 49.4 Å². The third-order valence-electron chi connectivity index (χ3n) is 3.46. The van der Waals surface area contributed by atoms with E-state index in [1.165, 1.54) is 28.9 Å². The first kappa shape index (κ1) is 18.1. The normalized spacial score (nSPS) is 11.3. The number of aromatic nitrogens is 3. The number of amides is 1. The maximum atomic E-state index is 12.4. The zero-order chi connectivity index (χ0) is 18.9. The molecule has 134 valence electrons. The summed E-state index contributed by atoms with van der Waals surface area (Å²) in [7, 11) is -3.87. The number of carbonyl (C=O) groups is 1. The van der Waals surface area contributed by atoms with Crippen LogP contribution in [0.2, 0.25) is 5.02 Å². The van der Waals surface area contributed by atoms with Gasteiger partial charge in [-0.2, -0.15) is 0 Å². The van der Waals surface area contributed by atoms with Crippen molar-refractivity contribution < 1.29 is 13.2 Å². The Morgan fingerprint density at radius 3 is 2.54 bits per heavy atom. The highest BCUT2D eigenvalue weighted by Gasteiger charge is 2.16. The highest BCUT2D eigenvalue weighted by atomic mass is 35.5. The lowest BCUT2D eigenvalue weighted by molar-refractivity contribution is 0.101. The molecular weight excluding hydrogens is 378 g/mol. The number of anilines is 1. The minimum absolute atomic E-state index is 0.0570. The van der Waals surface area contributed by atoms with Gasteiger partial charge in [0, 0.05) is 10.7 Å². The number of primary sulfonamides is 1. The lowest BCUT2D eigenvalue weighted by atomic mass is 10.3. The second-order valence-electron chi connectivity index (χ2n) is 5.40. The number of nitrogens with two attached hydrogens (primary N) is 1. The number of aryl methyl sites for hydroxylation is 1. The molecule has 0 bridgehead atoms. The van der Waals surface area contributed by atoms with E-state index in [2.05, 4.69) is 15.4 Å². The van der Waals surface area contributed by atoms with Crippen LogP contribution in [0.4, 0.5) is 5.69 Å². The minimum atomic E-state index is -3.87. The standard InChI is InChI=1S/C16H14ClN5O3S/c1-10-19-15(21-22(10)13-7-5-11(17)6-8-13)16(23)20-12-3-2-4-14(9-12)26(18,24)25/h2-9H,1H3,(H,20,23)(H2,18,24,25).